The molecular weight excluding hydrogens is 176 g/mol. The quantitative estimate of drug-likeness (QED) is 0.648. The van der Waals surface area contributed by atoms with Crippen LogP contribution in [0.4, 0.5) is 0 Å². The summed E-state index contributed by atoms with van der Waals surface area (Å²) in [4.78, 5) is 11.8. The first-order chi connectivity index (χ1) is 6.46. The Hall–Kier alpha value is -0.530. The van der Waals surface area contributed by atoms with Crippen molar-refractivity contribution in [2.75, 3.05) is 0 Å². The molecule has 1 saturated carbocycles. The van der Waals surface area contributed by atoms with E-state index >= 15 is 0 Å². The fourth-order valence-corrected chi connectivity index (χ4v) is 1.58. The van der Waals surface area contributed by atoms with Gasteiger partial charge in [0.05, 0.1) is 5.41 Å². The summed E-state index contributed by atoms with van der Waals surface area (Å²) in [5.41, 5.74) is -0.429. The van der Waals surface area contributed by atoms with E-state index in [1.54, 1.807) is 0 Å². The van der Waals surface area contributed by atoms with Crippen molar-refractivity contribution >= 4 is 5.97 Å². The second-order valence-corrected chi connectivity index (χ2v) is 5.02. The third kappa shape index (κ3) is 2.10. The van der Waals surface area contributed by atoms with Gasteiger partial charge in [0, 0.05) is 0 Å². The van der Waals surface area contributed by atoms with Gasteiger partial charge < -0.3 is 4.74 Å². The Kier molecular flexibility index (Phi) is 3.23. The maximum absolute atomic E-state index is 11.8. The van der Waals surface area contributed by atoms with Crippen LogP contribution >= 0.6 is 0 Å². The fourth-order valence-electron chi connectivity index (χ4n) is 1.58. The van der Waals surface area contributed by atoms with Gasteiger partial charge in [0.2, 0.25) is 0 Å². The van der Waals surface area contributed by atoms with Gasteiger partial charge in [-0.2, -0.15) is 0 Å². The Morgan fingerprint density at radius 1 is 1.36 bits per heavy atom. The molecule has 0 aromatic heterocycles. The number of carbonyl (C=O) groups excluding carboxylic acids is 1. The molecule has 82 valence electrons. The van der Waals surface area contributed by atoms with Crippen molar-refractivity contribution in [1.29, 1.82) is 0 Å². The molecule has 0 radical (unpaired) electrons. The smallest absolute Gasteiger partial charge is 0.312 e. The normalized spacial score (nSPS) is 20.0. The molecule has 0 bridgehead atoms. The molecule has 0 N–H and O–H groups in total. The van der Waals surface area contributed by atoms with Crippen LogP contribution in [-0.4, -0.2) is 11.6 Å². The molecule has 0 aliphatic heterocycles. The number of esters is 1. The van der Waals surface area contributed by atoms with Crippen LogP contribution < -0.4 is 0 Å². The van der Waals surface area contributed by atoms with Crippen molar-refractivity contribution in [3.05, 3.63) is 0 Å². The zero-order valence-electron chi connectivity index (χ0n) is 9.85. The van der Waals surface area contributed by atoms with E-state index in [0.717, 1.165) is 25.7 Å². The van der Waals surface area contributed by atoms with E-state index in [1.807, 2.05) is 20.8 Å². The number of rotatable bonds is 4. The first-order valence-electron chi connectivity index (χ1n) is 5.69. The van der Waals surface area contributed by atoms with E-state index in [2.05, 4.69) is 6.92 Å². The topological polar surface area (TPSA) is 26.3 Å². The second-order valence-electron chi connectivity index (χ2n) is 5.02. The standard InChI is InChI=1S/C12H22O2/c1-5-11(3,4)10(13)14-12(6-2)8-7-9-12/h5-9H2,1-4H3. The fraction of sp³-hybridized carbons (Fsp3) is 0.917. The van der Waals surface area contributed by atoms with Gasteiger partial charge in [-0.05, 0) is 46.0 Å². The molecule has 0 atom stereocenters. The summed E-state index contributed by atoms with van der Waals surface area (Å²) in [5, 5.41) is 0. The molecule has 2 heteroatoms. The Morgan fingerprint density at radius 3 is 2.21 bits per heavy atom. The van der Waals surface area contributed by atoms with Crippen molar-refractivity contribution in [3.8, 4) is 0 Å². The Morgan fingerprint density at radius 2 is 1.93 bits per heavy atom. The van der Waals surface area contributed by atoms with Crippen LogP contribution in [0.25, 0.3) is 0 Å². The molecule has 14 heavy (non-hydrogen) atoms. The molecule has 1 rings (SSSR count). The lowest BCUT2D eigenvalue weighted by Gasteiger charge is -2.42. The predicted octanol–water partition coefficient (Wildman–Crippen LogP) is 3.30. The molecule has 0 amide bonds. The lowest BCUT2D eigenvalue weighted by Crippen LogP contribution is -2.44. The molecule has 1 aliphatic rings. The first kappa shape index (κ1) is 11.5. The van der Waals surface area contributed by atoms with Gasteiger partial charge in [0.1, 0.15) is 5.60 Å². The van der Waals surface area contributed by atoms with Gasteiger partial charge in [-0.1, -0.05) is 13.8 Å². The van der Waals surface area contributed by atoms with E-state index in [0.29, 0.717) is 0 Å². The molecule has 1 fully saturated rings. The summed E-state index contributed by atoms with van der Waals surface area (Å²) in [6.45, 7) is 8.04. The zero-order valence-corrected chi connectivity index (χ0v) is 9.85. The van der Waals surface area contributed by atoms with Crippen molar-refractivity contribution in [2.24, 2.45) is 5.41 Å². The Bertz CT molecular complexity index is 209. The van der Waals surface area contributed by atoms with E-state index < -0.39 is 0 Å². The lowest BCUT2D eigenvalue weighted by molar-refractivity contribution is -0.180. The third-order valence-electron chi connectivity index (χ3n) is 3.65. The number of hydrogen-bond donors (Lipinski definition) is 0. The van der Waals surface area contributed by atoms with Crippen LogP contribution in [0.3, 0.4) is 0 Å². The van der Waals surface area contributed by atoms with Crippen molar-refractivity contribution in [2.45, 2.75) is 65.4 Å². The van der Waals surface area contributed by atoms with Crippen molar-refractivity contribution < 1.29 is 9.53 Å². The van der Waals surface area contributed by atoms with Gasteiger partial charge in [-0.25, -0.2) is 0 Å². The molecule has 0 aromatic rings. The second kappa shape index (κ2) is 3.92. The van der Waals surface area contributed by atoms with E-state index in [-0.39, 0.29) is 17.0 Å². The summed E-state index contributed by atoms with van der Waals surface area (Å²) in [6, 6.07) is 0. The minimum atomic E-state index is -0.322. The number of hydrogen-bond acceptors (Lipinski definition) is 2. The van der Waals surface area contributed by atoms with Crippen molar-refractivity contribution in [1.82, 2.24) is 0 Å². The van der Waals surface area contributed by atoms with Gasteiger partial charge in [-0.3, -0.25) is 4.79 Å². The molecular formula is C12H22O2. The Labute approximate surface area is 87.0 Å². The SMILES string of the molecule is CCC1(OC(=O)C(C)(C)CC)CCC1. The van der Waals surface area contributed by atoms with Gasteiger partial charge >= 0.3 is 5.97 Å². The van der Waals surface area contributed by atoms with Crippen molar-refractivity contribution in [3.63, 3.8) is 0 Å². The van der Waals surface area contributed by atoms with E-state index in [4.69, 9.17) is 4.74 Å². The molecule has 1 aliphatic carbocycles. The van der Waals surface area contributed by atoms with Crippen LogP contribution in [0.15, 0.2) is 0 Å². The zero-order chi connectivity index (χ0) is 10.8. The minimum absolute atomic E-state index is 0.0263. The molecule has 0 aromatic carbocycles. The lowest BCUT2D eigenvalue weighted by atomic mass is 9.77. The highest BCUT2D eigenvalue weighted by Crippen LogP contribution is 2.40. The molecule has 2 nitrogen and oxygen atoms in total. The molecule has 0 saturated heterocycles. The van der Waals surface area contributed by atoms with Crippen LogP contribution in [0.1, 0.15) is 59.8 Å². The summed E-state index contributed by atoms with van der Waals surface area (Å²) >= 11 is 0. The van der Waals surface area contributed by atoms with E-state index in [1.165, 1.54) is 6.42 Å². The summed E-state index contributed by atoms with van der Waals surface area (Å²) in [7, 11) is 0. The summed E-state index contributed by atoms with van der Waals surface area (Å²) < 4.78 is 5.64. The Balaban J connectivity index is 2.55. The molecule has 0 spiro atoms. The molecule has 0 heterocycles. The van der Waals surface area contributed by atoms with Crippen LogP contribution in [0.2, 0.25) is 0 Å². The number of carbonyl (C=O) groups is 1. The van der Waals surface area contributed by atoms with Crippen LogP contribution in [0, 0.1) is 5.41 Å². The highest BCUT2D eigenvalue weighted by molar-refractivity contribution is 5.76. The molecule has 0 unspecified atom stereocenters. The summed E-state index contributed by atoms with van der Waals surface area (Å²) in [6.07, 6.45) is 5.10. The van der Waals surface area contributed by atoms with Crippen LogP contribution in [-0.2, 0) is 9.53 Å². The van der Waals surface area contributed by atoms with E-state index in [9.17, 15) is 4.79 Å². The maximum atomic E-state index is 11.8. The largest absolute Gasteiger partial charge is 0.459 e. The predicted molar refractivity (Wildman–Crippen MR) is 57.0 cm³/mol. The highest BCUT2D eigenvalue weighted by atomic mass is 16.6. The minimum Gasteiger partial charge on any atom is -0.459 e. The summed E-state index contributed by atoms with van der Waals surface area (Å²) in [5.74, 6) is -0.0263. The average molecular weight is 198 g/mol. The third-order valence-corrected chi connectivity index (χ3v) is 3.65. The van der Waals surface area contributed by atoms with Gasteiger partial charge in [-0.15, -0.1) is 0 Å². The average Bonchev–Trinajstić information content (AvgIpc) is 2.10. The first-order valence-corrected chi connectivity index (χ1v) is 5.69. The monoisotopic (exact) mass is 198 g/mol. The maximum Gasteiger partial charge on any atom is 0.312 e. The van der Waals surface area contributed by atoms with Crippen LogP contribution in [0.5, 0.6) is 0 Å². The van der Waals surface area contributed by atoms with Gasteiger partial charge in [0.15, 0.2) is 0 Å². The van der Waals surface area contributed by atoms with Gasteiger partial charge in [0.25, 0.3) is 0 Å². The highest BCUT2D eigenvalue weighted by Gasteiger charge is 2.41. The number of ether oxygens (including phenoxy) is 1.